The molecule has 0 spiro atoms. The molecule has 7 rings (SSSR count). The molecule has 0 radical (unpaired) electrons. The van der Waals surface area contributed by atoms with E-state index in [1.807, 2.05) is 122 Å². The van der Waals surface area contributed by atoms with E-state index in [9.17, 15) is 14.4 Å². The quantitative estimate of drug-likeness (QED) is 0.0933. The van der Waals surface area contributed by atoms with Gasteiger partial charge in [-0.05, 0) is 46.9 Å². The monoisotopic (exact) mass is 666 g/mol. The van der Waals surface area contributed by atoms with E-state index in [0.717, 1.165) is 55.0 Å². The number of nitrogens with one attached hydrogen (secondary N) is 5. The number of amides is 2. The van der Waals surface area contributed by atoms with Gasteiger partial charge in [0.2, 0.25) is 11.8 Å². The Morgan fingerprint density at radius 1 is 0.560 bits per heavy atom. The molecule has 10 nitrogen and oxygen atoms in total. The van der Waals surface area contributed by atoms with E-state index < -0.39 is 35.9 Å². The molecule has 252 valence electrons. The van der Waals surface area contributed by atoms with E-state index in [1.165, 1.54) is 0 Å². The highest BCUT2D eigenvalue weighted by atomic mass is 16.5. The van der Waals surface area contributed by atoms with Crippen LogP contribution in [0.25, 0.3) is 32.7 Å². The lowest BCUT2D eigenvalue weighted by Crippen LogP contribution is -2.56. The lowest BCUT2D eigenvalue weighted by Gasteiger charge is -2.24. The number of rotatable bonds is 13. The second-order valence-corrected chi connectivity index (χ2v) is 12.5. The molecule has 3 atom stereocenters. The van der Waals surface area contributed by atoms with Gasteiger partial charge in [0, 0.05) is 64.1 Å². The third kappa shape index (κ3) is 7.15. The zero-order valence-corrected chi connectivity index (χ0v) is 27.3. The summed E-state index contributed by atoms with van der Waals surface area (Å²) in [5.41, 5.74) is 12.6. The molecule has 0 bridgehead atoms. The van der Waals surface area contributed by atoms with Crippen molar-refractivity contribution in [1.29, 1.82) is 0 Å². The lowest BCUT2D eigenvalue weighted by molar-refractivity contribution is -0.149. The number of para-hydroxylation sites is 3. The number of hydrogen-bond acceptors (Lipinski definition) is 5. The average molecular weight is 667 g/mol. The Morgan fingerprint density at radius 3 is 1.54 bits per heavy atom. The van der Waals surface area contributed by atoms with Crippen LogP contribution in [0.4, 0.5) is 0 Å². The molecule has 0 saturated carbocycles. The van der Waals surface area contributed by atoms with Crippen LogP contribution in [0.15, 0.2) is 122 Å². The minimum atomic E-state index is -1.04. The highest BCUT2D eigenvalue weighted by molar-refractivity contribution is 5.94. The maximum Gasteiger partial charge on any atom is 0.329 e. The molecule has 3 heterocycles. The molecular formula is C40H38N6O4. The first-order valence-corrected chi connectivity index (χ1v) is 16.6. The van der Waals surface area contributed by atoms with E-state index in [1.54, 1.807) is 0 Å². The van der Waals surface area contributed by atoms with Crippen molar-refractivity contribution < 1.29 is 19.1 Å². The van der Waals surface area contributed by atoms with Gasteiger partial charge in [0.25, 0.3) is 0 Å². The summed E-state index contributed by atoms with van der Waals surface area (Å²) in [7, 11) is 0. The fourth-order valence-corrected chi connectivity index (χ4v) is 6.45. The van der Waals surface area contributed by atoms with Crippen molar-refractivity contribution in [1.82, 2.24) is 25.6 Å². The summed E-state index contributed by atoms with van der Waals surface area (Å²) in [5, 5.41) is 8.70. The first kappa shape index (κ1) is 32.4. The van der Waals surface area contributed by atoms with Crippen LogP contribution in [0, 0.1) is 0 Å². The van der Waals surface area contributed by atoms with E-state index in [2.05, 4.69) is 25.6 Å². The Morgan fingerprint density at radius 2 is 1.00 bits per heavy atom. The van der Waals surface area contributed by atoms with Crippen molar-refractivity contribution in [3.05, 3.63) is 144 Å². The van der Waals surface area contributed by atoms with E-state index in [0.29, 0.717) is 0 Å². The zero-order chi connectivity index (χ0) is 34.5. The number of carbonyl (C=O) groups excluding carboxylic acids is 3. The zero-order valence-electron chi connectivity index (χ0n) is 27.3. The van der Waals surface area contributed by atoms with Gasteiger partial charge in [-0.1, -0.05) is 84.9 Å². The summed E-state index contributed by atoms with van der Waals surface area (Å²) in [6, 6.07) is 29.7. The van der Waals surface area contributed by atoms with Gasteiger partial charge >= 0.3 is 5.97 Å². The van der Waals surface area contributed by atoms with Gasteiger partial charge < -0.3 is 36.1 Å². The van der Waals surface area contributed by atoms with Gasteiger partial charge in [0.1, 0.15) is 18.7 Å². The summed E-state index contributed by atoms with van der Waals surface area (Å²) < 4.78 is 5.73. The number of fused-ring (bicyclic) bond motifs is 3. The van der Waals surface area contributed by atoms with Crippen LogP contribution in [0.5, 0.6) is 0 Å². The lowest BCUT2D eigenvalue weighted by atomic mass is 10.0. The van der Waals surface area contributed by atoms with Crippen LogP contribution in [-0.2, 0) is 45.0 Å². The summed E-state index contributed by atoms with van der Waals surface area (Å²) in [4.78, 5) is 51.3. The number of aromatic nitrogens is 3. The predicted octanol–water partition coefficient (Wildman–Crippen LogP) is 5.20. The maximum atomic E-state index is 14.2. The number of hydrogen-bond donors (Lipinski definition) is 6. The smallest absolute Gasteiger partial charge is 0.329 e. The molecule has 7 N–H and O–H groups in total. The number of ether oxygens (including phenoxy) is 1. The van der Waals surface area contributed by atoms with E-state index in [4.69, 9.17) is 10.5 Å². The summed E-state index contributed by atoms with van der Waals surface area (Å²) in [6.45, 7) is 0.0537. The standard InChI is InChI=1S/C40H38N6O4/c41-32(18-26-21-42-33-15-7-4-12-29(26)33)38(47)45-36(19-27-22-43-34-16-8-5-13-30(27)34)39(48)46-37(40(49)50-24-25-10-2-1-3-11-25)20-28-23-44-35-17-9-6-14-31(28)35/h1-17,21-23,32,36-37,42-44H,18-20,24,41H2,(H,45,47)(H,46,48). The van der Waals surface area contributed by atoms with Crippen LogP contribution in [0.3, 0.4) is 0 Å². The molecule has 0 saturated heterocycles. The Bertz CT molecular complexity index is 2270. The van der Waals surface area contributed by atoms with Crippen molar-refractivity contribution >= 4 is 50.5 Å². The molecule has 0 aliphatic carbocycles. The third-order valence-corrected chi connectivity index (χ3v) is 9.11. The fraction of sp³-hybridized carbons (Fsp3) is 0.175. The van der Waals surface area contributed by atoms with Crippen LogP contribution >= 0.6 is 0 Å². The van der Waals surface area contributed by atoms with E-state index in [-0.39, 0.29) is 25.9 Å². The minimum absolute atomic E-state index is 0.0537. The summed E-state index contributed by atoms with van der Waals surface area (Å²) >= 11 is 0. The summed E-state index contributed by atoms with van der Waals surface area (Å²) in [5.74, 6) is -1.58. The Kier molecular flexibility index (Phi) is 9.43. The second-order valence-electron chi connectivity index (χ2n) is 12.5. The number of H-pyrrole nitrogens is 3. The van der Waals surface area contributed by atoms with Gasteiger partial charge in [-0.25, -0.2) is 4.79 Å². The number of benzene rings is 4. The van der Waals surface area contributed by atoms with Gasteiger partial charge in [-0.2, -0.15) is 0 Å². The number of nitrogens with two attached hydrogens (primary N) is 1. The predicted molar refractivity (Wildman–Crippen MR) is 194 cm³/mol. The molecular weight excluding hydrogens is 628 g/mol. The first-order chi connectivity index (χ1) is 24.4. The van der Waals surface area contributed by atoms with Crippen molar-refractivity contribution in [2.45, 2.75) is 44.0 Å². The molecule has 2 amide bonds. The average Bonchev–Trinajstić information content (AvgIpc) is 3.88. The molecule has 10 heteroatoms. The van der Waals surface area contributed by atoms with Crippen LogP contribution in [0.1, 0.15) is 22.3 Å². The van der Waals surface area contributed by atoms with Gasteiger partial charge in [-0.3, -0.25) is 9.59 Å². The molecule has 4 aromatic carbocycles. The Balaban J connectivity index is 1.14. The highest BCUT2D eigenvalue weighted by Crippen LogP contribution is 2.22. The molecule has 3 aromatic heterocycles. The number of carbonyl (C=O) groups is 3. The van der Waals surface area contributed by atoms with Crippen LogP contribution in [0.2, 0.25) is 0 Å². The van der Waals surface area contributed by atoms with Crippen LogP contribution < -0.4 is 16.4 Å². The molecule has 0 aliphatic rings. The van der Waals surface area contributed by atoms with E-state index >= 15 is 0 Å². The van der Waals surface area contributed by atoms with Gasteiger partial charge in [0.05, 0.1) is 6.04 Å². The molecule has 50 heavy (non-hydrogen) atoms. The van der Waals surface area contributed by atoms with Crippen molar-refractivity contribution in [2.24, 2.45) is 5.73 Å². The first-order valence-electron chi connectivity index (χ1n) is 16.6. The van der Waals surface area contributed by atoms with Gasteiger partial charge in [-0.15, -0.1) is 0 Å². The normalized spacial score (nSPS) is 13.2. The number of esters is 1. The largest absolute Gasteiger partial charge is 0.459 e. The molecule has 3 unspecified atom stereocenters. The minimum Gasteiger partial charge on any atom is -0.459 e. The second kappa shape index (κ2) is 14.6. The maximum absolute atomic E-state index is 14.2. The van der Waals surface area contributed by atoms with Crippen molar-refractivity contribution in [3.8, 4) is 0 Å². The van der Waals surface area contributed by atoms with Crippen LogP contribution in [-0.4, -0.2) is 50.9 Å². The number of aromatic amines is 3. The summed E-state index contributed by atoms with van der Waals surface area (Å²) in [6.07, 6.45) is 6.14. The van der Waals surface area contributed by atoms with Crippen molar-refractivity contribution in [3.63, 3.8) is 0 Å². The SMILES string of the molecule is NC(Cc1c[nH]c2ccccc12)C(=O)NC(Cc1c[nH]c2ccccc12)C(=O)NC(Cc1c[nH]c2ccccc12)C(=O)OCc1ccccc1. The molecule has 7 aromatic rings. The molecule has 0 aliphatic heterocycles. The topological polar surface area (TPSA) is 158 Å². The highest BCUT2D eigenvalue weighted by Gasteiger charge is 2.31. The van der Waals surface area contributed by atoms with Gasteiger partial charge in [0.15, 0.2) is 0 Å². The third-order valence-electron chi connectivity index (χ3n) is 9.11. The van der Waals surface area contributed by atoms with Crippen molar-refractivity contribution in [2.75, 3.05) is 0 Å². The Labute approximate surface area is 288 Å². The Hall–Kier alpha value is -6.13. The fourth-order valence-electron chi connectivity index (χ4n) is 6.45. The molecule has 0 fully saturated rings.